The van der Waals surface area contributed by atoms with Crippen molar-refractivity contribution < 1.29 is 27.5 Å². The van der Waals surface area contributed by atoms with E-state index in [0.717, 1.165) is 17.6 Å². The number of ether oxygens (including phenoxy) is 2. The zero-order chi connectivity index (χ0) is 20.3. The molecule has 2 aromatic carbocycles. The minimum atomic E-state index is -3.39. The SMILES string of the molecule is CC(OC(=O)C1COc2ccccc2C1)C(=O)c1ccc(NS(C)(=O)=O)cc1. The summed E-state index contributed by atoms with van der Waals surface area (Å²) in [5.41, 5.74) is 1.61. The van der Waals surface area contributed by atoms with E-state index in [2.05, 4.69) is 4.72 Å². The van der Waals surface area contributed by atoms with Gasteiger partial charge in [0.25, 0.3) is 0 Å². The maximum absolute atomic E-state index is 12.5. The summed E-state index contributed by atoms with van der Waals surface area (Å²) in [5, 5.41) is 0. The first-order chi connectivity index (χ1) is 13.2. The molecule has 0 fully saturated rings. The van der Waals surface area contributed by atoms with E-state index < -0.39 is 28.0 Å². The Balaban J connectivity index is 1.60. The van der Waals surface area contributed by atoms with Gasteiger partial charge >= 0.3 is 5.97 Å². The van der Waals surface area contributed by atoms with Crippen molar-refractivity contribution in [3.05, 3.63) is 59.7 Å². The summed E-state index contributed by atoms with van der Waals surface area (Å²) in [7, 11) is -3.39. The van der Waals surface area contributed by atoms with Crippen molar-refractivity contribution in [1.82, 2.24) is 0 Å². The number of para-hydroxylation sites is 1. The summed E-state index contributed by atoms with van der Waals surface area (Å²) in [6.07, 6.45) is 0.585. The normalized spacial score (nSPS) is 17.0. The Morgan fingerprint density at radius 2 is 1.82 bits per heavy atom. The van der Waals surface area contributed by atoms with Crippen molar-refractivity contribution in [1.29, 1.82) is 0 Å². The highest BCUT2D eigenvalue weighted by Crippen LogP contribution is 2.27. The highest BCUT2D eigenvalue weighted by atomic mass is 32.2. The van der Waals surface area contributed by atoms with Crippen LogP contribution in [0.1, 0.15) is 22.8 Å². The molecule has 8 heteroatoms. The number of rotatable bonds is 6. The fourth-order valence-corrected chi connectivity index (χ4v) is 3.52. The number of benzene rings is 2. The highest BCUT2D eigenvalue weighted by molar-refractivity contribution is 7.92. The second-order valence-corrected chi connectivity index (χ2v) is 8.46. The van der Waals surface area contributed by atoms with Crippen LogP contribution in [0.15, 0.2) is 48.5 Å². The Hall–Kier alpha value is -2.87. The molecule has 0 aromatic heterocycles. The quantitative estimate of drug-likeness (QED) is 0.588. The number of nitrogens with one attached hydrogen (secondary N) is 1. The Bertz CT molecular complexity index is 984. The fraction of sp³-hybridized carbons (Fsp3) is 0.300. The van der Waals surface area contributed by atoms with Crippen molar-refractivity contribution in [2.45, 2.75) is 19.4 Å². The Morgan fingerprint density at radius 3 is 2.50 bits per heavy atom. The van der Waals surface area contributed by atoms with Gasteiger partial charge in [0.1, 0.15) is 12.4 Å². The molecule has 0 saturated carbocycles. The van der Waals surface area contributed by atoms with Gasteiger partial charge in [0, 0.05) is 11.3 Å². The van der Waals surface area contributed by atoms with Crippen LogP contribution >= 0.6 is 0 Å². The lowest BCUT2D eigenvalue weighted by molar-refractivity contribution is -0.152. The van der Waals surface area contributed by atoms with Crippen LogP contribution in [0.2, 0.25) is 0 Å². The molecule has 0 saturated heterocycles. The molecule has 148 valence electrons. The molecule has 1 heterocycles. The summed E-state index contributed by atoms with van der Waals surface area (Å²) in [5.74, 6) is -0.549. The van der Waals surface area contributed by atoms with Gasteiger partial charge in [-0.1, -0.05) is 18.2 Å². The second kappa shape index (κ2) is 8.02. The molecular formula is C20H21NO6S. The Labute approximate surface area is 163 Å². The van der Waals surface area contributed by atoms with Gasteiger partial charge in [0.05, 0.1) is 12.2 Å². The standard InChI is InChI=1S/C20H21NO6S/c1-13(19(22)14-7-9-17(10-8-14)21-28(2,24)25)27-20(23)16-11-15-5-3-4-6-18(15)26-12-16/h3-10,13,16,21H,11-12H2,1-2H3. The van der Waals surface area contributed by atoms with Crippen LogP contribution < -0.4 is 9.46 Å². The molecule has 7 nitrogen and oxygen atoms in total. The van der Waals surface area contributed by atoms with Gasteiger partial charge < -0.3 is 9.47 Å². The van der Waals surface area contributed by atoms with Gasteiger partial charge in [-0.25, -0.2) is 8.42 Å². The number of hydrogen-bond donors (Lipinski definition) is 1. The molecule has 1 N–H and O–H groups in total. The smallest absolute Gasteiger partial charge is 0.313 e. The Kier molecular flexibility index (Phi) is 5.69. The van der Waals surface area contributed by atoms with Gasteiger partial charge in [-0.3, -0.25) is 14.3 Å². The topological polar surface area (TPSA) is 98.8 Å². The van der Waals surface area contributed by atoms with Gasteiger partial charge in [0.15, 0.2) is 6.10 Å². The average molecular weight is 403 g/mol. The first-order valence-corrected chi connectivity index (χ1v) is 10.7. The summed E-state index contributed by atoms with van der Waals surface area (Å²) in [4.78, 5) is 24.9. The molecular weight excluding hydrogens is 382 g/mol. The number of carbonyl (C=O) groups excluding carboxylic acids is 2. The van der Waals surface area contributed by atoms with Crippen LogP contribution in [0.25, 0.3) is 0 Å². The first kappa shape index (κ1) is 19.9. The number of sulfonamides is 1. The van der Waals surface area contributed by atoms with Crippen molar-refractivity contribution in [2.24, 2.45) is 5.92 Å². The van der Waals surface area contributed by atoms with E-state index >= 15 is 0 Å². The van der Waals surface area contributed by atoms with Crippen molar-refractivity contribution >= 4 is 27.5 Å². The molecule has 2 aromatic rings. The van der Waals surface area contributed by atoms with Crippen molar-refractivity contribution in [3.8, 4) is 5.75 Å². The highest BCUT2D eigenvalue weighted by Gasteiger charge is 2.30. The fourth-order valence-electron chi connectivity index (χ4n) is 2.95. The number of esters is 1. The summed E-state index contributed by atoms with van der Waals surface area (Å²) >= 11 is 0. The molecule has 0 radical (unpaired) electrons. The van der Waals surface area contributed by atoms with E-state index in [9.17, 15) is 18.0 Å². The molecule has 2 atom stereocenters. The van der Waals surface area contributed by atoms with Gasteiger partial charge in [0.2, 0.25) is 15.8 Å². The monoisotopic (exact) mass is 403 g/mol. The predicted molar refractivity (Wildman–Crippen MR) is 104 cm³/mol. The van der Waals surface area contributed by atoms with Crippen LogP contribution in [-0.2, 0) is 26.0 Å². The van der Waals surface area contributed by atoms with E-state index in [0.29, 0.717) is 17.7 Å². The zero-order valence-corrected chi connectivity index (χ0v) is 16.4. The number of carbonyl (C=O) groups is 2. The Morgan fingerprint density at radius 1 is 1.14 bits per heavy atom. The molecule has 0 spiro atoms. The minimum Gasteiger partial charge on any atom is -0.492 e. The van der Waals surface area contributed by atoms with Crippen LogP contribution in [0.3, 0.4) is 0 Å². The summed E-state index contributed by atoms with van der Waals surface area (Å²) in [6, 6.07) is 13.4. The van der Waals surface area contributed by atoms with E-state index in [1.165, 1.54) is 31.2 Å². The lowest BCUT2D eigenvalue weighted by Crippen LogP contribution is -2.34. The van der Waals surface area contributed by atoms with Crippen LogP contribution in [0, 0.1) is 5.92 Å². The van der Waals surface area contributed by atoms with E-state index in [-0.39, 0.29) is 12.4 Å². The van der Waals surface area contributed by atoms with Gasteiger partial charge in [-0.15, -0.1) is 0 Å². The van der Waals surface area contributed by atoms with Crippen molar-refractivity contribution in [2.75, 3.05) is 17.6 Å². The average Bonchev–Trinajstić information content (AvgIpc) is 2.66. The van der Waals surface area contributed by atoms with E-state index in [1.54, 1.807) is 0 Å². The van der Waals surface area contributed by atoms with E-state index in [1.807, 2.05) is 24.3 Å². The maximum atomic E-state index is 12.5. The third-order valence-corrected chi connectivity index (χ3v) is 4.95. The lowest BCUT2D eigenvalue weighted by atomic mass is 9.97. The molecule has 0 bridgehead atoms. The molecule has 1 aliphatic rings. The number of fused-ring (bicyclic) bond motifs is 1. The zero-order valence-electron chi connectivity index (χ0n) is 15.5. The number of Topliss-reactive ketones (excluding diaryl/α,β-unsaturated/α-hetero) is 1. The second-order valence-electron chi connectivity index (χ2n) is 6.71. The van der Waals surface area contributed by atoms with Crippen LogP contribution in [0.5, 0.6) is 5.75 Å². The molecule has 28 heavy (non-hydrogen) atoms. The lowest BCUT2D eigenvalue weighted by Gasteiger charge is -2.25. The number of hydrogen-bond acceptors (Lipinski definition) is 6. The third kappa shape index (κ3) is 4.89. The van der Waals surface area contributed by atoms with E-state index in [4.69, 9.17) is 9.47 Å². The molecule has 0 amide bonds. The van der Waals surface area contributed by atoms with Gasteiger partial charge in [-0.2, -0.15) is 0 Å². The number of ketones is 1. The first-order valence-electron chi connectivity index (χ1n) is 8.76. The molecule has 0 aliphatic carbocycles. The van der Waals surface area contributed by atoms with Crippen LogP contribution in [0.4, 0.5) is 5.69 Å². The maximum Gasteiger partial charge on any atom is 0.313 e. The molecule has 3 rings (SSSR count). The minimum absolute atomic E-state index is 0.211. The predicted octanol–water partition coefficient (Wildman–Crippen LogP) is 2.42. The molecule has 1 aliphatic heterocycles. The largest absolute Gasteiger partial charge is 0.492 e. The number of anilines is 1. The van der Waals surface area contributed by atoms with Crippen molar-refractivity contribution in [3.63, 3.8) is 0 Å². The third-order valence-electron chi connectivity index (χ3n) is 4.35. The van der Waals surface area contributed by atoms with Gasteiger partial charge in [-0.05, 0) is 49.2 Å². The molecule has 2 unspecified atom stereocenters. The summed E-state index contributed by atoms with van der Waals surface area (Å²) < 4.78 is 35.7. The van der Waals surface area contributed by atoms with Crippen LogP contribution in [-0.4, -0.2) is 39.1 Å². The summed E-state index contributed by atoms with van der Waals surface area (Å²) in [6.45, 7) is 1.73.